The van der Waals surface area contributed by atoms with Crippen molar-refractivity contribution in [2.45, 2.75) is 11.2 Å². The molecule has 10 heavy (non-hydrogen) atoms. The van der Waals surface area contributed by atoms with Crippen LogP contribution < -0.4 is 0 Å². The van der Waals surface area contributed by atoms with E-state index in [-0.39, 0.29) is 17.3 Å². The molecule has 0 N–H and O–H groups in total. The van der Waals surface area contributed by atoms with Crippen LogP contribution in [0.15, 0.2) is 0 Å². The minimum absolute atomic E-state index is 0.0431. The van der Waals surface area contributed by atoms with Crippen molar-refractivity contribution in [1.82, 2.24) is 4.90 Å². The molecule has 0 bridgehead atoms. The molecule has 3 nitrogen and oxygen atoms in total. The van der Waals surface area contributed by atoms with Gasteiger partial charge in [0.2, 0.25) is 5.91 Å². The van der Waals surface area contributed by atoms with Crippen LogP contribution in [0.3, 0.4) is 0 Å². The highest BCUT2D eigenvalue weighted by molar-refractivity contribution is 9.10. The van der Waals surface area contributed by atoms with Gasteiger partial charge in [0.15, 0.2) is 0 Å². The molecule has 0 radical (unpaired) electrons. The predicted molar refractivity (Wildman–Crippen MR) is 39.5 cm³/mol. The highest BCUT2D eigenvalue weighted by Crippen LogP contribution is 2.17. The van der Waals surface area contributed by atoms with Crippen LogP contribution in [-0.2, 0) is 4.79 Å². The number of rotatable bonds is 1. The van der Waals surface area contributed by atoms with Crippen molar-refractivity contribution in [3.63, 3.8) is 0 Å². The van der Waals surface area contributed by atoms with Gasteiger partial charge in [-0.1, -0.05) is 15.9 Å². The van der Waals surface area contributed by atoms with E-state index in [1.54, 1.807) is 4.90 Å². The normalized spacial score (nSPS) is 25.0. The van der Waals surface area contributed by atoms with Gasteiger partial charge in [0, 0.05) is 6.54 Å². The fourth-order valence-electron chi connectivity index (χ4n) is 0.943. The van der Waals surface area contributed by atoms with Crippen LogP contribution in [0.2, 0.25) is 0 Å². The van der Waals surface area contributed by atoms with Gasteiger partial charge < -0.3 is 4.90 Å². The predicted octanol–water partition coefficient (Wildman–Crippen LogP) is 0.506. The quantitative estimate of drug-likeness (QED) is 0.460. The summed E-state index contributed by atoms with van der Waals surface area (Å²) in [6.07, 6.45) is 0.820. The minimum Gasteiger partial charge on any atom is -0.328 e. The molecule has 1 fully saturated rings. The van der Waals surface area contributed by atoms with Crippen LogP contribution in [0.25, 0.3) is 0 Å². The molecule has 0 unspecified atom stereocenters. The fourth-order valence-corrected chi connectivity index (χ4v) is 1.44. The lowest BCUT2D eigenvalue weighted by atomic mass is 10.4. The Morgan fingerprint density at radius 2 is 2.60 bits per heavy atom. The molecule has 0 spiro atoms. The molecule has 0 aromatic heterocycles. The van der Waals surface area contributed by atoms with E-state index in [1.807, 2.05) is 6.07 Å². The average molecular weight is 203 g/mol. The largest absolute Gasteiger partial charge is 0.328 e. The molecule has 1 atom stereocenters. The van der Waals surface area contributed by atoms with E-state index in [2.05, 4.69) is 15.9 Å². The third kappa shape index (κ3) is 1.29. The van der Waals surface area contributed by atoms with E-state index < -0.39 is 0 Å². The van der Waals surface area contributed by atoms with Gasteiger partial charge in [-0.3, -0.25) is 4.79 Å². The van der Waals surface area contributed by atoms with Crippen LogP contribution in [0.5, 0.6) is 0 Å². The van der Waals surface area contributed by atoms with Crippen molar-refractivity contribution in [1.29, 1.82) is 5.26 Å². The van der Waals surface area contributed by atoms with Gasteiger partial charge in [0.05, 0.1) is 10.9 Å². The maximum Gasteiger partial charge on any atom is 0.237 e. The number of likely N-dealkylation sites (tertiary alicyclic amines) is 1. The summed E-state index contributed by atoms with van der Waals surface area (Å²) in [4.78, 5) is 12.5. The number of amides is 1. The van der Waals surface area contributed by atoms with Gasteiger partial charge >= 0.3 is 0 Å². The summed E-state index contributed by atoms with van der Waals surface area (Å²) in [5, 5.41) is 8.27. The molecule has 1 aliphatic rings. The van der Waals surface area contributed by atoms with Gasteiger partial charge in [0.25, 0.3) is 0 Å². The zero-order valence-electron chi connectivity index (χ0n) is 5.38. The fraction of sp³-hybridized carbons (Fsp3) is 0.667. The molecule has 1 aliphatic heterocycles. The number of nitriles is 1. The van der Waals surface area contributed by atoms with Crippen molar-refractivity contribution in [2.75, 3.05) is 13.1 Å². The van der Waals surface area contributed by atoms with Crippen molar-refractivity contribution in [3.8, 4) is 6.07 Å². The van der Waals surface area contributed by atoms with Gasteiger partial charge in [-0.15, -0.1) is 0 Å². The van der Waals surface area contributed by atoms with E-state index in [4.69, 9.17) is 5.26 Å². The lowest BCUT2D eigenvalue weighted by Crippen LogP contribution is -2.27. The highest BCUT2D eigenvalue weighted by atomic mass is 79.9. The molecule has 0 saturated carbocycles. The van der Waals surface area contributed by atoms with E-state index in [1.165, 1.54) is 0 Å². The number of alkyl halides is 1. The Bertz CT molecular complexity index is 187. The number of halogens is 1. The van der Waals surface area contributed by atoms with E-state index in [0.717, 1.165) is 6.42 Å². The van der Waals surface area contributed by atoms with Crippen LogP contribution in [-0.4, -0.2) is 28.7 Å². The Morgan fingerprint density at radius 3 is 3.00 bits per heavy atom. The summed E-state index contributed by atoms with van der Waals surface area (Å²) in [7, 11) is 0. The molecule has 1 amide bonds. The average Bonchev–Trinajstić information content (AvgIpc) is 2.20. The first-order valence-electron chi connectivity index (χ1n) is 3.05. The monoisotopic (exact) mass is 202 g/mol. The number of carbonyl (C=O) groups is 1. The number of hydrogen-bond acceptors (Lipinski definition) is 2. The Kier molecular flexibility index (Phi) is 2.28. The second kappa shape index (κ2) is 3.02. The number of hydrogen-bond donors (Lipinski definition) is 0. The molecule has 0 aromatic rings. The molecular weight excluding hydrogens is 196 g/mol. The summed E-state index contributed by atoms with van der Waals surface area (Å²) in [5.74, 6) is 0.0431. The summed E-state index contributed by atoms with van der Waals surface area (Å²) in [5.41, 5.74) is 0. The first-order chi connectivity index (χ1) is 4.75. The maximum absolute atomic E-state index is 11.0. The van der Waals surface area contributed by atoms with Gasteiger partial charge in [0.1, 0.15) is 6.54 Å². The lowest BCUT2D eigenvalue weighted by Gasteiger charge is -2.09. The van der Waals surface area contributed by atoms with Gasteiger partial charge in [-0.05, 0) is 6.42 Å². The van der Waals surface area contributed by atoms with Crippen molar-refractivity contribution >= 4 is 21.8 Å². The summed E-state index contributed by atoms with van der Waals surface area (Å²) in [6, 6.07) is 1.94. The lowest BCUT2D eigenvalue weighted by molar-refractivity contribution is -0.126. The Morgan fingerprint density at radius 1 is 1.90 bits per heavy atom. The Labute approximate surface area is 67.7 Å². The maximum atomic E-state index is 11.0. The van der Waals surface area contributed by atoms with Gasteiger partial charge in [-0.25, -0.2) is 0 Å². The van der Waals surface area contributed by atoms with Gasteiger partial charge in [-0.2, -0.15) is 5.26 Å². The molecule has 0 aromatic carbocycles. The van der Waals surface area contributed by atoms with Crippen molar-refractivity contribution in [3.05, 3.63) is 0 Å². The van der Waals surface area contributed by atoms with E-state index in [0.29, 0.717) is 6.54 Å². The number of nitrogens with zero attached hydrogens (tertiary/aromatic N) is 2. The van der Waals surface area contributed by atoms with Crippen LogP contribution in [0.4, 0.5) is 0 Å². The third-order valence-corrected chi connectivity index (χ3v) is 2.34. The Hall–Kier alpha value is -0.560. The third-order valence-electron chi connectivity index (χ3n) is 1.49. The zero-order chi connectivity index (χ0) is 7.56. The molecule has 1 rings (SSSR count). The first-order valence-corrected chi connectivity index (χ1v) is 3.97. The summed E-state index contributed by atoms with van der Waals surface area (Å²) >= 11 is 3.21. The van der Waals surface area contributed by atoms with Crippen molar-refractivity contribution in [2.24, 2.45) is 0 Å². The molecule has 4 heteroatoms. The topological polar surface area (TPSA) is 44.1 Å². The standard InChI is InChI=1S/C6H7BrN2O/c7-5-1-3-9(4-2-8)6(5)10/h5H,1,3-4H2/t5-/m1/s1. The summed E-state index contributed by atoms with van der Waals surface area (Å²) in [6.45, 7) is 0.934. The Balaban J connectivity index is 2.51. The van der Waals surface area contributed by atoms with Crippen LogP contribution in [0.1, 0.15) is 6.42 Å². The van der Waals surface area contributed by atoms with Crippen LogP contribution in [0, 0.1) is 11.3 Å². The molecule has 1 saturated heterocycles. The zero-order valence-corrected chi connectivity index (χ0v) is 6.97. The SMILES string of the molecule is N#CCN1CC[C@@H](Br)C1=O. The molecular formula is C6H7BrN2O. The molecule has 0 aliphatic carbocycles. The number of carbonyl (C=O) groups excluding carboxylic acids is 1. The first kappa shape index (κ1) is 7.55. The highest BCUT2D eigenvalue weighted by Gasteiger charge is 2.28. The smallest absolute Gasteiger partial charge is 0.237 e. The molecule has 1 heterocycles. The second-order valence-electron chi connectivity index (χ2n) is 2.17. The van der Waals surface area contributed by atoms with E-state index >= 15 is 0 Å². The second-order valence-corrected chi connectivity index (χ2v) is 3.28. The van der Waals surface area contributed by atoms with E-state index in [9.17, 15) is 4.79 Å². The van der Waals surface area contributed by atoms with Crippen molar-refractivity contribution < 1.29 is 4.79 Å². The van der Waals surface area contributed by atoms with Crippen LogP contribution >= 0.6 is 15.9 Å². The molecule has 54 valence electrons. The minimum atomic E-state index is -0.0548. The summed E-state index contributed by atoms with van der Waals surface area (Å²) < 4.78 is 0.